The summed E-state index contributed by atoms with van der Waals surface area (Å²) in [6.07, 6.45) is 9.88. The van der Waals surface area contributed by atoms with Gasteiger partial charge < -0.3 is 10.6 Å². The summed E-state index contributed by atoms with van der Waals surface area (Å²) in [6.45, 7) is 8.30. The summed E-state index contributed by atoms with van der Waals surface area (Å²) >= 11 is 1.43. The number of fused-ring (bicyclic) bond motifs is 1. The Hall–Kier alpha value is -3.70. The third-order valence-electron chi connectivity index (χ3n) is 5.57. The zero-order valence-electron chi connectivity index (χ0n) is 19.1. The van der Waals surface area contributed by atoms with Crippen LogP contribution in [0.15, 0.2) is 43.4 Å². The summed E-state index contributed by atoms with van der Waals surface area (Å²) in [5, 5.41) is 10.1. The van der Waals surface area contributed by atoms with Crippen LogP contribution in [-0.2, 0) is 4.79 Å². The van der Waals surface area contributed by atoms with Crippen molar-refractivity contribution >= 4 is 39.4 Å². The molecule has 1 aliphatic heterocycles. The summed E-state index contributed by atoms with van der Waals surface area (Å²) in [4.78, 5) is 41.6. The number of rotatable bonds is 6. The number of anilines is 2. The van der Waals surface area contributed by atoms with Crippen LogP contribution in [0.5, 0.6) is 0 Å². The number of aryl methyl sites for hydroxylation is 1. The minimum atomic E-state index is -0.302. The molecule has 0 atom stereocenters. The highest BCUT2D eigenvalue weighted by molar-refractivity contribution is 7.21. The molecule has 4 aromatic rings. The Morgan fingerprint density at radius 2 is 1.88 bits per heavy atom. The van der Waals surface area contributed by atoms with Gasteiger partial charge in [-0.05, 0) is 18.4 Å². The lowest BCUT2D eigenvalue weighted by Gasteiger charge is -2.45. The van der Waals surface area contributed by atoms with Crippen molar-refractivity contribution in [1.29, 1.82) is 0 Å². The minimum absolute atomic E-state index is 0.104. The molecule has 174 valence electrons. The number of nitrogens with one attached hydrogen (secondary N) is 2. The predicted molar refractivity (Wildman–Crippen MR) is 130 cm³/mol. The van der Waals surface area contributed by atoms with Crippen molar-refractivity contribution < 1.29 is 9.59 Å². The molecule has 0 bridgehead atoms. The van der Waals surface area contributed by atoms with Gasteiger partial charge in [-0.2, -0.15) is 5.10 Å². The maximum Gasteiger partial charge on any atom is 0.260 e. The Labute approximate surface area is 200 Å². The monoisotopic (exact) mass is 476 g/mol. The van der Waals surface area contributed by atoms with Gasteiger partial charge in [0.25, 0.3) is 5.91 Å². The number of carbonyl (C=O) groups excluding carboxylic acids is 2. The molecule has 5 rings (SSSR count). The predicted octanol–water partition coefficient (Wildman–Crippen LogP) is 3.09. The lowest BCUT2D eigenvalue weighted by Crippen LogP contribution is -2.54. The first-order chi connectivity index (χ1) is 16.3. The Bertz CT molecular complexity index is 1370. The van der Waals surface area contributed by atoms with E-state index in [-0.39, 0.29) is 17.2 Å². The normalized spacial score (nSPS) is 15.1. The Kier molecular flexibility index (Phi) is 5.58. The first-order valence-electron chi connectivity index (χ1n) is 10.8. The van der Waals surface area contributed by atoms with Crippen LogP contribution in [0, 0.1) is 12.3 Å². The molecule has 2 amide bonds. The second-order valence-corrected chi connectivity index (χ2v) is 10.2. The van der Waals surface area contributed by atoms with Crippen molar-refractivity contribution in [3.63, 3.8) is 0 Å². The Balaban J connectivity index is 1.29. The fourth-order valence-corrected chi connectivity index (χ4v) is 5.13. The van der Waals surface area contributed by atoms with E-state index in [1.165, 1.54) is 23.9 Å². The molecule has 0 aromatic carbocycles. The summed E-state index contributed by atoms with van der Waals surface area (Å²) < 4.78 is 1.67. The van der Waals surface area contributed by atoms with Crippen molar-refractivity contribution in [2.75, 3.05) is 30.3 Å². The van der Waals surface area contributed by atoms with Crippen molar-refractivity contribution in [3.05, 3.63) is 54.6 Å². The molecule has 1 fully saturated rings. The number of nitrogens with zero attached hydrogens (tertiary/aromatic N) is 6. The molecule has 0 unspecified atom stereocenters. The fourth-order valence-electron chi connectivity index (χ4n) is 4.10. The summed E-state index contributed by atoms with van der Waals surface area (Å²) in [5.74, 6) is -0.406. The zero-order valence-corrected chi connectivity index (χ0v) is 19.9. The van der Waals surface area contributed by atoms with Gasteiger partial charge in [0.05, 0.1) is 46.4 Å². The van der Waals surface area contributed by atoms with Crippen LogP contribution >= 0.6 is 11.3 Å². The van der Waals surface area contributed by atoms with Gasteiger partial charge in [0.1, 0.15) is 11.2 Å². The highest BCUT2D eigenvalue weighted by Crippen LogP contribution is 2.30. The van der Waals surface area contributed by atoms with Crippen molar-refractivity contribution in [3.8, 4) is 10.4 Å². The summed E-state index contributed by atoms with van der Waals surface area (Å²) in [6, 6.07) is 1.72. The van der Waals surface area contributed by atoms with Gasteiger partial charge in [-0.3, -0.25) is 19.5 Å². The van der Waals surface area contributed by atoms with E-state index in [1.54, 1.807) is 36.1 Å². The van der Waals surface area contributed by atoms with Crippen LogP contribution in [0.2, 0.25) is 0 Å². The minimum Gasteiger partial charge on any atom is -0.324 e. The van der Waals surface area contributed by atoms with Crippen LogP contribution in [0.25, 0.3) is 15.3 Å². The van der Waals surface area contributed by atoms with E-state index in [4.69, 9.17) is 0 Å². The van der Waals surface area contributed by atoms with E-state index in [1.807, 2.05) is 6.20 Å². The highest BCUT2D eigenvalue weighted by atomic mass is 32.1. The Morgan fingerprint density at radius 1 is 1.12 bits per heavy atom. The second-order valence-electron chi connectivity index (χ2n) is 9.20. The van der Waals surface area contributed by atoms with Crippen LogP contribution in [-0.4, -0.2) is 60.9 Å². The topological polar surface area (TPSA) is 117 Å². The molecule has 1 saturated heterocycles. The number of carbonyl (C=O) groups is 2. The fraction of sp³-hybridized carbons (Fsp3) is 0.304. The van der Waals surface area contributed by atoms with Gasteiger partial charge >= 0.3 is 0 Å². The smallest absolute Gasteiger partial charge is 0.260 e. The van der Waals surface area contributed by atoms with E-state index in [0.717, 1.165) is 23.5 Å². The summed E-state index contributed by atoms with van der Waals surface area (Å²) in [5.41, 5.74) is 3.28. The van der Waals surface area contributed by atoms with Crippen molar-refractivity contribution in [1.82, 2.24) is 29.5 Å². The number of likely N-dealkylation sites (tertiary alicyclic amines) is 1. The van der Waals surface area contributed by atoms with E-state index in [9.17, 15) is 9.59 Å². The molecular weight excluding hydrogens is 452 g/mol. The van der Waals surface area contributed by atoms with Crippen LogP contribution in [0.3, 0.4) is 0 Å². The molecule has 1 aliphatic rings. The number of aromatic nitrogens is 5. The molecule has 5 heterocycles. The van der Waals surface area contributed by atoms with Gasteiger partial charge in [0.15, 0.2) is 0 Å². The van der Waals surface area contributed by atoms with Gasteiger partial charge in [-0.1, -0.05) is 13.8 Å². The first kappa shape index (κ1) is 22.1. The van der Waals surface area contributed by atoms with Crippen molar-refractivity contribution in [2.45, 2.75) is 20.8 Å². The van der Waals surface area contributed by atoms with Gasteiger partial charge in [0.2, 0.25) is 5.91 Å². The van der Waals surface area contributed by atoms with Gasteiger partial charge in [-0.15, -0.1) is 11.3 Å². The highest BCUT2D eigenvalue weighted by Gasteiger charge is 2.34. The van der Waals surface area contributed by atoms with E-state index >= 15 is 0 Å². The van der Waals surface area contributed by atoms with E-state index in [2.05, 4.69) is 49.4 Å². The molecule has 10 nitrogen and oxygen atoms in total. The molecule has 0 radical (unpaired) electrons. The Morgan fingerprint density at radius 3 is 2.62 bits per heavy atom. The molecule has 4 aromatic heterocycles. The van der Waals surface area contributed by atoms with Crippen molar-refractivity contribution in [2.24, 2.45) is 5.41 Å². The largest absolute Gasteiger partial charge is 0.324 e. The van der Waals surface area contributed by atoms with E-state index < -0.39 is 0 Å². The maximum atomic E-state index is 13.1. The third kappa shape index (κ3) is 4.52. The van der Waals surface area contributed by atoms with Gasteiger partial charge in [0, 0.05) is 37.2 Å². The number of amides is 2. The molecule has 2 N–H and O–H groups in total. The SMILES string of the molecule is Cc1ncc(NC(=O)CN2CC(C)(C)C2)cc1NC(=O)c1cnn2cc(-c3cncnc3)sc12. The lowest BCUT2D eigenvalue weighted by atomic mass is 9.84. The molecule has 0 spiro atoms. The first-order valence-corrected chi connectivity index (χ1v) is 11.6. The number of hydrogen-bond acceptors (Lipinski definition) is 8. The molecule has 11 heteroatoms. The quantitative estimate of drug-likeness (QED) is 0.439. The zero-order chi connectivity index (χ0) is 23.9. The molecule has 0 aliphatic carbocycles. The average Bonchev–Trinajstić information content (AvgIpc) is 3.36. The van der Waals surface area contributed by atoms with E-state index in [0.29, 0.717) is 34.0 Å². The summed E-state index contributed by atoms with van der Waals surface area (Å²) in [7, 11) is 0. The number of pyridine rings is 1. The molecular formula is C23H24N8O2S. The van der Waals surface area contributed by atoms with Crippen LogP contribution < -0.4 is 10.6 Å². The number of hydrogen-bond donors (Lipinski definition) is 2. The molecule has 0 saturated carbocycles. The maximum absolute atomic E-state index is 13.1. The lowest BCUT2D eigenvalue weighted by molar-refractivity contribution is -0.120. The van der Waals surface area contributed by atoms with Crippen LogP contribution in [0.4, 0.5) is 11.4 Å². The standard InChI is InChI=1S/C23H24N8O2S/c1-14-18(4-16(7-26-14)28-20(32)10-30-11-23(2,3)12-30)29-21(33)17-8-27-31-9-19(34-22(17)31)15-5-24-13-25-6-15/h4-9,13H,10-12H2,1-3H3,(H,28,32)(H,29,33). The molecule has 34 heavy (non-hydrogen) atoms. The number of thiazole rings is 1. The second kappa shape index (κ2) is 8.58. The van der Waals surface area contributed by atoms with Crippen LogP contribution in [0.1, 0.15) is 29.9 Å². The van der Waals surface area contributed by atoms with Gasteiger partial charge in [-0.25, -0.2) is 14.5 Å². The third-order valence-corrected chi connectivity index (χ3v) is 6.74. The average molecular weight is 477 g/mol.